The molecule has 15 heavy (non-hydrogen) atoms. The van der Waals surface area contributed by atoms with Gasteiger partial charge in [0, 0.05) is 25.2 Å². The SMILES string of the molecule is CC1(C)CC(N2CC[C@@H](N)C2)C(C)(C)O1. The molecule has 0 aliphatic carbocycles. The molecule has 0 aromatic rings. The van der Waals surface area contributed by atoms with E-state index in [9.17, 15) is 0 Å². The molecular weight excluding hydrogens is 188 g/mol. The highest BCUT2D eigenvalue weighted by Gasteiger charge is 2.49. The van der Waals surface area contributed by atoms with Crippen LogP contribution in [0.2, 0.25) is 0 Å². The molecule has 3 nitrogen and oxygen atoms in total. The van der Waals surface area contributed by atoms with Crippen LogP contribution in [0.15, 0.2) is 0 Å². The topological polar surface area (TPSA) is 38.5 Å². The molecular formula is C12H24N2O. The molecule has 2 aliphatic rings. The first kappa shape index (κ1) is 11.4. The molecule has 2 rings (SSSR count). The van der Waals surface area contributed by atoms with Crippen molar-refractivity contribution in [1.82, 2.24) is 4.90 Å². The monoisotopic (exact) mass is 212 g/mol. The number of hydrogen-bond donors (Lipinski definition) is 1. The summed E-state index contributed by atoms with van der Waals surface area (Å²) in [4.78, 5) is 2.51. The Balaban J connectivity index is 2.09. The Bertz CT molecular complexity index is 250. The normalized spacial score (nSPS) is 39.8. The van der Waals surface area contributed by atoms with Crippen molar-refractivity contribution >= 4 is 0 Å². The van der Waals surface area contributed by atoms with Crippen LogP contribution in [-0.4, -0.2) is 41.3 Å². The average molecular weight is 212 g/mol. The first-order chi connectivity index (χ1) is 6.80. The first-order valence-corrected chi connectivity index (χ1v) is 6.00. The zero-order valence-electron chi connectivity index (χ0n) is 10.4. The summed E-state index contributed by atoms with van der Waals surface area (Å²) in [6, 6.07) is 0.894. The van der Waals surface area contributed by atoms with Crippen molar-refractivity contribution in [3.05, 3.63) is 0 Å². The number of nitrogens with two attached hydrogens (primary N) is 1. The van der Waals surface area contributed by atoms with E-state index in [-0.39, 0.29) is 11.2 Å². The molecule has 3 heteroatoms. The van der Waals surface area contributed by atoms with Crippen molar-refractivity contribution in [2.45, 2.75) is 63.8 Å². The van der Waals surface area contributed by atoms with Crippen LogP contribution in [-0.2, 0) is 4.74 Å². The van der Waals surface area contributed by atoms with Gasteiger partial charge in [0.05, 0.1) is 11.2 Å². The fourth-order valence-electron chi connectivity index (χ4n) is 3.20. The van der Waals surface area contributed by atoms with Crippen molar-refractivity contribution in [1.29, 1.82) is 0 Å². The molecule has 0 radical (unpaired) electrons. The quantitative estimate of drug-likeness (QED) is 0.713. The minimum Gasteiger partial charge on any atom is -0.368 e. The lowest BCUT2D eigenvalue weighted by Crippen LogP contribution is -2.46. The molecule has 0 aromatic heterocycles. The van der Waals surface area contributed by atoms with E-state index in [1.54, 1.807) is 0 Å². The molecule has 0 amide bonds. The highest BCUT2D eigenvalue weighted by molar-refractivity contribution is 5.01. The number of ether oxygens (including phenoxy) is 1. The Morgan fingerprint density at radius 3 is 2.33 bits per heavy atom. The van der Waals surface area contributed by atoms with Gasteiger partial charge < -0.3 is 10.5 Å². The van der Waals surface area contributed by atoms with Gasteiger partial charge in [-0.15, -0.1) is 0 Å². The molecule has 0 bridgehead atoms. The second-order valence-corrected chi connectivity index (χ2v) is 6.23. The zero-order chi connectivity index (χ0) is 11.3. The summed E-state index contributed by atoms with van der Waals surface area (Å²) in [6.45, 7) is 10.9. The Hall–Kier alpha value is -0.120. The van der Waals surface area contributed by atoms with Gasteiger partial charge in [0.1, 0.15) is 0 Å². The van der Waals surface area contributed by atoms with Gasteiger partial charge >= 0.3 is 0 Å². The van der Waals surface area contributed by atoms with Gasteiger partial charge in [0.2, 0.25) is 0 Å². The van der Waals surface area contributed by atoms with E-state index in [2.05, 4.69) is 32.6 Å². The molecule has 0 spiro atoms. The van der Waals surface area contributed by atoms with Crippen LogP contribution >= 0.6 is 0 Å². The van der Waals surface area contributed by atoms with Gasteiger partial charge in [-0.2, -0.15) is 0 Å². The van der Waals surface area contributed by atoms with Crippen LogP contribution in [0.3, 0.4) is 0 Å². The Labute approximate surface area is 93.0 Å². The average Bonchev–Trinajstić information content (AvgIpc) is 2.52. The standard InChI is InChI=1S/C12H24N2O/c1-11(2)7-10(12(3,4)15-11)14-6-5-9(13)8-14/h9-10H,5-8,13H2,1-4H3/t9-,10?/m1/s1. The predicted molar refractivity (Wildman–Crippen MR) is 61.8 cm³/mol. The van der Waals surface area contributed by atoms with Gasteiger partial charge in [-0.1, -0.05) is 0 Å². The van der Waals surface area contributed by atoms with Crippen molar-refractivity contribution < 1.29 is 4.74 Å². The lowest BCUT2D eigenvalue weighted by atomic mass is 9.93. The van der Waals surface area contributed by atoms with Crippen LogP contribution in [0.4, 0.5) is 0 Å². The lowest BCUT2D eigenvalue weighted by Gasteiger charge is -2.33. The van der Waals surface area contributed by atoms with E-state index in [1.165, 1.54) is 0 Å². The van der Waals surface area contributed by atoms with E-state index in [4.69, 9.17) is 10.5 Å². The summed E-state index contributed by atoms with van der Waals surface area (Å²) in [5.41, 5.74) is 5.95. The Morgan fingerprint density at radius 2 is 1.93 bits per heavy atom. The zero-order valence-corrected chi connectivity index (χ0v) is 10.4. The molecule has 1 unspecified atom stereocenters. The molecule has 88 valence electrons. The van der Waals surface area contributed by atoms with E-state index in [0.29, 0.717) is 12.1 Å². The van der Waals surface area contributed by atoms with Gasteiger partial charge in [0.25, 0.3) is 0 Å². The maximum atomic E-state index is 6.11. The van der Waals surface area contributed by atoms with E-state index in [0.717, 1.165) is 25.9 Å². The van der Waals surface area contributed by atoms with Crippen molar-refractivity contribution in [2.75, 3.05) is 13.1 Å². The van der Waals surface area contributed by atoms with E-state index < -0.39 is 0 Å². The van der Waals surface area contributed by atoms with Gasteiger partial charge in [0.15, 0.2) is 0 Å². The maximum Gasteiger partial charge on any atom is 0.0789 e. The third kappa shape index (κ3) is 2.19. The molecule has 2 heterocycles. The van der Waals surface area contributed by atoms with Crippen molar-refractivity contribution in [3.8, 4) is 0 Å². The Morgan fingerprint density at radius 1 is 1.27 bits per heavy atom. The lowest BCUT2D eigenvalue weighted by molar-refractivity contribution is -0.0789. The van der Waals surface area contributed by atoms with Crippen LogP contribution in [0.1, 0.15) is 40.5 Å². The van der Waals surface area contributed by atoms with Crippen LogP contribution in [0, 0.1) is 0 Å². The minimum atomic E-state index is -0.0342. The highest BCUT2D eigenvalue weighted by Crippen LogP contribution is 2.40. The smallest absolute Gasteiger partial charge is 0.0789 e. The minimum absolute atomic E-state index is 0.0147. The first-order valence-electron chi connectivity index (χ1n) is 6.00. The third-order valence-corrected chi connectivity index (χ3v) is 3.72. The largest absolute Gasteiger partial charge is 0.368 e. The second kappa shape index (κ2) is 3.44. The second-order valence-electron chi connectivity index (χ2n) is 6.23. The van der Waals surface area contributed by atoms with E-state index >= 15 is 0 Å². The number of likely N-dealkylation sites (tertiary alicyclic amines) is 1. The van der Waals surface area contributed by atoms with Gasteiger partial charge in [-0.05, 0) is 40.5 Å². The molecule has 2 saturated heterocycles. The summed E-state index contributed by atoms with van der Waals surface area (Å²) in [7, 11) is 0. The van der Waals surface area contributed by atoms with Crippen molar-refractivity contribution in [3.63, 3.8) is 0 Å². The summed E-state index contributed by atoms with van der Waals surface area (Å²) < 4.78 is 6.11. The molecule has 2 N–H and O–H groups in total. The van der Waals surface area contributed by atoms with Crippen molar-refractivity contribution in [2.24, 2.45) is 5.73 Å². The third-order valence-electron chi connectivity index (χ3n) is 3.72. The maximum absolute atomic E-state index is 6.11. The fourth-order valence-corrected chi connectivity index (χ4v) is 3.20. The molecule has 2 atom stereocenters. The van der Waals surface area contributed by atoms with Crippen LogP contribution < -0.4 is 5.73 Å². The molecule has 2 fully saturated rings. The van der Waals surface area contributed by atoms with Gasteiger partial charge in [-0.25, -0.2) is 0 Å². The van der Waals surface area contributed by atoms with Gasteiger partial charge in [-0.3, -0.25) is 4.90 Å². The fraction of sp³-hybridized carbons (Fsp3) is 1.00. The van der Waals surface area contributed by atoms with Crippen LogP contribution in [0.5, 0.6) is 0 Å². The van der Waals surface area contributed by atoms with E-state index in [1.807, 2.05) is 0 Å². The summed E-state index contributed by atoms with van der Waals surface area (Å²) in [6.07, 6.45) is 2.25. The number of rotatable bonds is 1. The molecule has 0 saturated carbocycles. The highest BCUT2D eigenvalue weighted by atomic mass is 16.5. The molecule has 0 aromatic carbocycles. The predicted octanol–water partition coefficient (Wildman–Crippen LogP) is 1.37. The molecule has 2 aliphatic heterocycles. The summed E-state index contributed by atoms with van der Waals surface area (Å²) in [5, 5.41) is 0. The number of hydrogen-bond acceptors (Lipinski definition) is 3. The number of nitrogens with zero attached hydrogens (tertiary/aromatic N) is 1. The summed E-state index contributed by atoms with van der Waals surface area (Å²) in [5.74, 6) is 0. The van der Waals surface area contributed by atoms with Crippen LogP contribution in [0.25, 0.3) is 0 Å². The summed E-state index contributed by atoms with van der Waals surface area (Å²) >= 11 is 0. The Kier molecular flexibility index (Phi) is 2.61.